The number of nitrogens with zero attached hydrogens (tertiary/aromatic N) is 2. The summed E-state index contributed by atoms with van der Waals surface area (Å²) in [7, 11) is 0. The van der Waals surface area contributed by atoms with E-state index in [0.29, 0.717) is 29.7 Å². The molecule has 3 aliphatic rings. The molecule has 3 aliphatic heterocycles. The van der Waals surface area contributed by atoms with Crippen molar-refractivity contribution in [2.75, 3.05) is 31.1 Å². The number of likely N-dealkylation sites (tertiary alicyclic amines) is 1. The van der Waals surface area contributed by atoms with Gasteiger partial charge in [-0.3, -0.25) is 25.7 Å². The third-order valence-electron chi connectivity index (χ3n) is 10.0. The van der Waals surface area contributed by atoms with E-state index in [4.69, 9.17) is 21.3 Å². The van der Waals surface area contributed by atoms with E-state index in [1.54, 1.807) is 0 Å². The second kappa shape index (κ2) is 14.9. The van der Waals surface area contributed by atoms with Gasteiger partial charge in [-0.15, -0.1) is 0 Å². The Bertz CT molecular complexity index is 1760. The van der Waals surface area contributed by atoms with Gasteiger partial charge in [0.15, 0.2) is 6.10 Å². The number of hydrogen-bond acceptors (Lipinski definition) is 6. The third-order valence-corrected chi connectivity index (χ3v) is 10.0. The van der Waals surface area contributed by atoms with Crippen LogP contribution in [0.25, 0.3) is 5.57 Å². The van der Waals surface area contributed by atoms with Crippen LogP contribution in [-0.4, -0.2) is 66.6 Å². The average molecular weight is 688 g/mol. The molecule has 0 saturated carbocycles. The lowest BCUT2D eigenvalue weighted by Crippen LogP contribution is -2.47. The Hall–Kier alpha value is -4.97. The number of allylic oxidation sites excluding steroid dienone is 1. The molecule has 0 aliphatic carbocycles. The van der Waals surface area contributed by atoms with Crippen LogP contribution in [0, 0.1) is 5.41 Å². The monoisotopic (exact) mass is 687 g/mol. The molecule has 9 nitrogen and oxygen atoms in total. The van der Waals surface area contributed by atoms with Crippen LogP contribution in [0.4, 0.5) is 18.9 Å². The van der Waals surface area contributed by atoms with Gasteiger partial charge in [-0.25, -0.2) is 0 Å². The molecular formula is C38H42F3N6O3+. The lowest BCUT2D eigenvalue weighted by atomic mass is 9.88. The van der Waals surface area contributed by atoms with Crippen molar-refractivity contribution in [1.82, 2.24) is 10.2 Å². The van der Waals surface area contributed by atoms with Crippen molar-refractivity contribution in [3.05, 3.63) is 101 Å². The quantitative estimate of drug-likeness (QED) is 0.151. The van der Waals surface area contributed by atoms with Gasteiger partial charge in [0, 0.05) is 49.3 Å². The van der Waals surface area contributed by atoms with Gasteiger partial charge in [-0.2, -0.15) is 13.2 Å². The summed E-state index contributed by atoms with van der Waals surface area (Å²) in [4.78, 5) is 28.4. The number of alkyl halides is 3. The van der Waals surface area contributed by atoms with Gasteiger partial charge in [0.05, 0.1) is 11.1 Å². The molecule has 0 bridgehead atoms. The van der Waals surface area contributed by atoms with E-state index >= 15 is 0 Å². The van der Waals surface area contributed by atoms with Crippen LogP contribution < -0.4 is 26.1 Å². The summed E-state index contributed by atoms with van der Waals surface area (Å²) >= 11 is 0. The van der Waals surface area contributed by atoms with E-state index in [9.17, 15) is 22.8 Å². The summed E-state index contributed by atoms with van der Waals surface area (Å²) < 4.78 is 46.5. The Kier molecular flexibility index (Phi) is 10.4. The molecule has 3 aromatic carbocycles. The Labute approximate surface area is 289 Å². The fraction of sp³-hybridized carbons (Fsp3) is 0.368. The maximum atomic E-state index is 13.6. The van der Waals surface area contributed by atoms with Gasteiger partial charge >= 0.3 is 6.18 Å². The minimum Gasteiger partial charge on any atom is -0.481 e. The molecule has 3 aromatic rings. The zero-order valence-corrected chi connectivity index (χ0v) is 27.7. The summed E-state index contributed by atoms with van der Waals surface area (Å²) in [6.45, 7) is 3.88. The van der Waals surface area contributed by atoms with Gasteiger partial charge < -0.3 is 20.3 Å². The van der Waals surface area contributed by atoms with E-state index in [0.717, 1.165) is 63.6 Å². The van der Waals surface area contributed by atoms with Crippen LogP contribution in [0.2, 0.25) is 0 Å². The number of ether oxygens (including phenoxy) is 1. The van der Waals surface area contributed by atoms with Gasteiger partial charge in [0.2, 0.25) is 11.6 Å². The van der Waals surface area contributed by atoms with Crippen molar-refractivity contribution < 1.29 is 32.9 Å². The van der Waals surface area contributed by atoms with E-state index < -0.39 is 17.8 Å². The minimum absolute atomic E-state index is 0.118. The first-order chi connectivity index (χ1) is 24.0. The van der Waals surface area contributed by atoms with Crippen LogP contribution in [0.15, 0.2) is 78.9 Å². The Morgan fingerprint density at radius 3 is 2.18 bits per heavy atom. The number of hydrogen-bond donors (Lipinski definition) is 4. The number of halogens is 3. The fourth-order valence-corrected chi connectivity index (χ4v) is 7.24. The number of carbonyl (C=O) groups is 2. The van der Waals surface area contributed by atoms with Crippen molar-refractivity contribution in [1.29, 1.82) is 5.41 Å². The number of anilines is 1. The molecule has 6 rings (SSSR count). The van der Waals surface area contributed by atoms with Gasteiger partial charge in [-0.1, -0.05) is 36.4 Å². The number of nitrogens with one attached hydrogen (secondary N) is 2. The second-order valence-corrected chi connectivity index (χ2v) is 13.2. The number of amidine groups is 1. The molecule has 50 heavy (non-hydrogen) atoms. The number of nitrogens with two attached hydrogens (primary N) is 2. The van der Waals surface area contributed by atoms with Gasteiger partial charge in [0.25, 0.3) is 5.91 Å². The number of imide groups is 1. The van der Waals surface area contributed by atoms with Crippen LogP contribution >= 0.6 is 0 Å². The molecule has 12 heteroatoms. The van der Waals surface area contributed by atoms with E-state index in [1.807, 2.05) is 36.4 Å². The number of carbonyl (C=O) groups excluding carboxylic acids is 2. The second-order valence-electron chi connectivity index (χ2n) is 13.2. The zero-order valence-electron chi connectivity index (χ0n) is 27.7. The lowest BCUT2D eigenvalue weighted by molar-refractivity contribution is -0.140. The van der Waals surface area contributed by atoms with Crippen molar-refractivity contribution in [2.45, 2.75) is 62.8 Å². The molecular weight excluding hydrogens is 645 g/mol. The molecule has 262 valence electrons. The first kappa shape index (κ1) is 34.9. The Morgan fingerprint density at radius 2 is 1.56 bits per heavy atom. The van der Waals surface area contributed by atoms with Crippen molar-refractivity contribution in [3.8, 4) is 5.75 Å². The first-order valence-electron chi connectivity index (χ1n) is 17.0. The van der Waals surface area contributed by atoms with Gasteiger partial charge in [-0.05, 0) is 92.2 Å². The molecule has 0 aromatic heterocycles. The summed E-state index contributed by atoms with van der Waals surface area (Å²) in [5.41, 5.74) is 7.90. The standard InChI is InChI=1S/C38H41F3N6O3/c39-38(40,41)32-4-2-1-3-30(32)33(42)23-31(36(43)44)26-5-9-27(10-6-26)47-21-17-28(18-22-47)46-19-15-25(16-20-46)24-7-11-29(12-8-24)50-34-13-14-35(48)45-37(34)49/h1-12,23,25,28,34,42H,13-22H2,(H3,43,44)(H,45,48,49)/p+1/b31-23-,42-33?. The number of benzene rings is 3. The van der Waals surface area contributed by atoms with Crippen LogP contribution in [0.5, 0.6) is 5.75 Å². The molecule has 3 saturated heterocycles. The summed E-state index contributed by atoms with van der Waals surface area (Å²) in [6.07, 6.45) is 1.04. The maximum absolute atomic E-state index is 13.6. The topological polar surface area (TPSA) is 137 Å². The molecule has 0 radical (unpaired) electrons. The highest BCUT2D eigenvalue weighted by atomic mass is 19.4. The average Bonchev–Trinajstić information content (AvgIpc) is 3.12. The van der Waals surface area contributed by atoms with E-state index in [-0.39, 0.29) is 40.9 Å². The van der Waals surface area contributed by atoms with Crippen molar-refractivity contribution in [3.63, 3.8) is 0 Å². The molecule has 0 spiro atoms. The lowest BCUT2D eigenvalue weighted by Gasteiger charge is -2.42. The largest absolute Gasteiger partial charge is 0.481 e. The Balaban J connectivity index is 0.998. The fourth-order valence-electron chi connectivity index (χ4n) is 7.24. The van der Waals surface area contributed by atoms with Crippen molar-refractivity contribution in [2.24, 2.45) is 5.73 Å². The maximum Gasteiger partial charge on any atom is 0.417 e. The predicted octanol–water partition coefficient (Wildman–Crippen LogP) is 4.31. The highest BCUT2D eigenvalue weighted by Crippen LogP contribution is 2.34. The molecule has 2 amide bonds. The van der Waals surface area contributed by atoms with E-state index in [2.05, 4.69) is 27.2 Å². The molecule has 1 atom stereocenters. The predicted molar refractivity (Wildman–Crippen MR) is 186 cm³/mol. The smallest absolute Gasteiger partial charge is 0.417 e. The third kappa shape index (κ3) is 8.07. The van der Waals surface area contributed by atoms with Crippen molar-refractivity contribution >= 4 is 34.6 Å². The zero-order chi connectivity index (χ0) is 35.4. The molecule has 6 N–H and O–H groups in total. The molecule has 1 unspecified atom stereocenters. The summed E-state index contributed by atoms with van der Waals surface area (Å²) in [5.74, 6) is 0.174. The Morgan fingerprint density at radius 1 is 0.900 bits per heavy atom. The number of rotatable bonds is 9. The molecule has 3 heterocycles. The molecule has 3 fully saturated rings. The number of amides is 2. The summed E-state index contributed by atoms with van der Waals surface area (Å²) in [5, 5.41) is 16.5. The number of piperidine rings is 3. The highest BCUT2D eigenvalue weighted by molar-refractivity contribution is 6.26. The minimum atomic E-state index is -4.57. The van der Waals surface area contributed by atoms with E-state index in [1.165, 1.54) is 29.8 Å². The van der Waals surface area contributed by atoms with Gasteiger partial charge in [0.1, 0.15) is 11.6 Å². The SMILES string of the molecule is N=C(N)/C(=C\C(=[NH2+])c1ccccc1C(F)(F)F)c1ccc(N2CCC(N3CCC(c4ccc(OC5CCC(=O)NC5=O)cc4)CC3)CC2)cc1. The normalized spacial score (nSPS) is 20.0. The summed E-state index contributed by atoms with van der Waals surface area (Å²) in [6, 6.07) is 21.2. The van der Waals surface area contributed by atoms with Crippen LogP contribution in [0.1, 0.15) is 66.7 Å². The van der Waals surface area contributed by atoms with Crippen LogP contribution in [0.3, 0.4) is 0 Å². The first-order valence-corrected chi connectivity index (χ1v) is 17.0. The highest BCUT2D eigenvalue weighted by Gasteiger charge is 2.35. The van der Waals surface area contributed by atoms with Crippen LogP contribution in [-0.2, 0) is 15.8 Å².